The molecule has 156 valence electrons. The van der Waals surface area contributed by atoms with Gasteiger partial charge in [0.15, 0.2) is 12.4 Å². The Kier molecular flexibility index (Phi) is 6.27. The van der Waals surface area contributed by atoms with Gasteiger partial charge in [-0.3, -0.25) is 4.79 Å². The Morgan fingerprint density at radius 3 is 2.50 bits per heavy atom. The van der Waals surface area contributed by atoms with Gasteiger partial charge in [0.1, 0.15) is 23.1 Å². The first-order valence-electron chi connectivity index (χ1n) is 10.3. The molecule has 0 saturated carbocycles. The first-order chi connectivity index (χ1) is 14.7. The van der Waals surface area contributed by atoms with E-state index < -0.39 is 0 Å². The number of para-hydroxylation sites is 1. The number of carbonyl (C=O) groups is 1. The fourth-order valence-corrected chi connectivity index (χ4v) is 3.45. The number of hydrogen-bond donors (Lipinski definition) is 0. The van der Waals surface area contributed by atoms with Crippen molar-refractivity contribution in [2.45, 2.75) is 38.8 Å². The van der Waals surface area contributed by atoms with Gasteiger partial charge in [0.25, 0.3) is 5.91 Å². The highest BCUT2D eigenvalue weighted by Crippen LogP contribution is 2.23. The van der Waals surface area contributed by atoms with Crippen molar-refractivity contribution in [2.24, 2.45) is 0 Å². The van der Waals surface area contributed by atoms with Crippen LogP contribution in [0.25, 0.3) is 0 Å². The van der Waals surface area contributed by atoms with E-state index in [-0.39, 0.29) is 12.5 Å². The summed E-state index contributed by atoms with van der Waals surface area (Å²) >= 11 is 0. The summed E-state index contributed by atoms with van der Waals surface area (Å²) in [7, 11) is 1.76. The third kappa shape index (κ3) is 4.97. The number of rotatable bonds is 7. The molecular weight excluding hydrogens is 380 g/mol. The highest BCUT2D eigenvalue weighted by atomic mass is 16.5. The van der Waals surface area contributed by atoms with Crippen LogP contribution in [0, 0.1) is 0 Å². The van der Waals surface area contributed by atoms with E-state index in [4.69, 9.17) is 9.47 Å². The molecule has 2 heterocycles. The van der Waals surface area contributed by atoms with Crippen LogP contribution >= 0.6 is 0 Å². The van der Waals surface area contributed by atoms with Crippen molar-refractivity contribution >= 4 is 5.91 Å². The molecule has 7 heteroatoms. The Morgan fingerprint density at radius 1 is 0.967 bits per heavy atom. The summed E-state index contributed by atoms with van der Waals surface area (Å²) in [4.78, 5) is 14.1. The van der Waals surface area contributed by atoms with Crippen LogP contribution in [0.3, 0.4) is 0 Å². The van der Waals surface area contributed by atoms with E-state index in [1.165, 1.54) is 6.42 Å². The minimum Gasteiger partial charge on any atom is -0.484 e. The van der Waals surface area contributed by atoms with Gasteiger partial charge < -0.3 is 18.9 Å². The third-order valence-electron chi connectivity index (χ3n) is 5.16. The number of carbonyl (C=O) groups excluding carboxylic acids is 1. The predicted octanol–water partition coefficient (Wildman–Crippen LogP) is 3.83. The number of aryl methyl sites for hydroxylation is 1. The molecule has 7 nitrogen and oxygen atoms in total. The molecule has 0 unspecified atom stereocenters. The Labute approximate surface area is 176 Å². The van der Waals surface area contributed by atoms with E-state index in [1.807, 2.05) is 42.5 Å². The summed E-state index contributed by atoms with van der Waals surface area (Å²) in [5, 5.41) is 8.58. The van der Waals surface area contributed by atoms with Gasteiger partial charge in [0.05, 0.1) is 6.54 Å². The van der Waals surface area contributed by atoms with Gasteiger partial charge >= 0.3 is 0 Å². The maximum absolute atomic E-state index is 12.5. The van der Waals surface area contributed by atoms with Gasteiger partial charge in [-0.2, -0.15) is 0 Å². The number of ether oxygens (including phenoxy) is 2. The second kappa shape index (κ2) is 9.43. The summed E-state index contributed by atoms with van der Waals surface area (Å²) in [5.41, 5.74) is 0. The quantitative estimate of drug-likeness (QED) is 0.596. The zero-order valence-corrected chi connectivity index (χ0v) is 17.2. The topological polar surface area (TPSA) is 69.5 Å². The molecule has 2 aromatic carbocycles. The fraction of sp³-hybridized carbons (Fsp3) is 0.348. The molecule has 0 aliphatic carbocycles. The Balaban J connectivity index is 1.28. The molecule has 30 heavy (non-hydrogen) atoms. The molecule has 1 aliphatic rings. The lowest BCUT2D eigenvalue weighted by Crippen LogP contribution is -2.32. The maximum Gasteiger partial charge on any atom is 0.260 e. The van der Waals surface area contributed by atoms with Crippen LogP contribution < -0.4 is 9.47 Å². The van der Waals surface area contributed by atoms with E-state index in [0.29, 0.717) is 18.0 Å². The van der Waals surface area contributed by atoms with Crippen LogP contribution in [0.15, 0.2) is 54.6 Å². The summed E-state index contributed by atoms with van der Waals surface area (Å²) in [6.45, 7) is 1.32. The first-order valence-corrected chi connectivity index (χ1v) is 10.3. The lowest BCUT2D eigenvalue weighted by Gasteiger charge is -2.18. The minimum absolute atomic E-state index is 0.0314. The standard InChI is InChI=1S/C23H26N4O3/c1-26(16-22-25-24-21-10-6-3-7-15-27(21)22)23(28)17-29-18-11-13-20(14-12-18)30-19-8-4-2-5-9-19/h2,4-5,8-9,11-14H,3,6-7,10,15-17H2,1H3. The van der Waals surface area contributed by atoms with Gasteiger partial charge in [-0.25, -0.2) is 0 Å². The molecule has 0 atom stereocenters. The van der Waals surface area contributed by atoms with Crippen molar-refractivity contribution in [3.8, 4) is 17.2 Å². The maximum atomic E-state index is 12.5. The Morgan fingerprint density at radius 2 is 1.70 bits per heavy atom. The molecule has 0 bridgehead atoms. The molecule has 1 amide bonds. The van der Waals surface area contributed by atoms with Crippen LogP contribution in [0.5, 0.6) is 17.2 Å². The number of nitrogens with zero attached hydrogens (tertiary/aromatic N) is 4. The van der Waals surface area contributed by atoms with Crippen LogP contribution in [0.2, 0.25) is 0 Å². The van der Waals surface area contributed by atoms with Crippen LogP contribution in [0.1, 0.15) is 30.9 Å². The van der Waals surface area contributed by atoms with E-state index in [9.17, 15) is 4.79 Å². The normalized spacial score (nSPS) is 13.2. The number of fused-ring (bicyclic) bond motifs is 1. The van der Waals surface area contributed by atoms with Crippen molar-refractivity contribution < 1.29 is 14.3 Å². The lowest BCUT2D eigenvalue weighted by atomic mass is 10.2. The Hall–Kier alpha value is -3.35. The first kappa shape index (κ1) is 19.9. The highest BCUT2D eigenvalue weighted by Gasteiger charge is 2.18. The largest absolute Gasteiger partial charge is 0.484 e. The fourth-order valence-electron chi connectivity index (χ4n) is 3.45. The predicted molar refractivity (Wildman–Crippen MR) is 113 cm³/mol. The van der Waals surface area contributed by atoms with E-state index in [1.54, 1.807) is 24.1 Å². The number of aromatic nitrogens is 3. The number of likely N-dealkylation sites (N-methyl/N-ethyl adjacent to an activating group) is 1. The van der Waals surface area contributed by atoms with Crippen molar-refractivity contribution in [1.82, 2.24) is 19.7 Å². The van der Waals surface area contributed by atoms with Crippen molar-refractivity contribution in [3.05, 3.63) is 66.2 Å². The van der Waals surface area contributed by atoms with Crippen LogP contribution in [0.4, 0.5) is 0 Å². The van der Waals surface area contributed by atoms with Crippen molar-refractivity contribution in [3.63, 3.8) is 0 Å². The third-order valence-corrected chi connectivity index (χ3v) is 5.16. The van der Waals surface area contributed by atoms with E-state index in [0.717, 1.165) is 43.2 Å². The molecule has 4 rings (SSSR count). The van der Waals surface area contributed by atoms with Gasteiger partial charge in [-0.1, -0.05) is 24.6 Å². The highest BCUT2D eigenvalue weighted by molar-refractivity contribution is 5.77. The number of benzene rings is 2. The molecule has 0 spiro atoms. The van der Waals surface area contributed by atoms with E-state index in [2.05, 4.69) is 14.8 Å². The summed E-state index contributed by atoms with van der Waals surface area (Å²) < 4.78 is 13.6. The van der Waals surface area contributed by atoms with Crippen LogP contribution in [-0.4, -0.2) is 39.2 Å². The molecule has 3 aromatic rings. The van der Waals surface area contributed by atoms with Gasteiger partial charge in [-0.15, -0.1) is 10.2 Å². The van der Waals surface area contributed by atoms with Gasteiger partial charge in [-0.05, 0) is 49.2 Å². The average molecular weight is 406 g/mol. The molecule has 0 fully saturated rings. The molecule has 0 N–H and O–H groups in total. The Bertz CT molecular complexity index is 970. The van der Waals surface area contributed by atoms with Gasteiger partial charge in [0.2, 0.25) is 0 Å². The van der Waals surface area contributed by atoms with Crippen molar-refractivity contribution in [2.75, 3.05) is 13.7 Å². The van der Waals surface area contributed by atoms with Crippen molar-refractivity contribution in [1.29, 1.82) is 0 Å². The molecule has 1 aliphatic heterocycles. The number of amides is 1. The zero-order valence-electron chi connectivity index (χ0n) is 17.2. The molecular formula is C23H26N4O3. The lowest BCUT2D eigenvalue weighted by molar-refractivity contribution is -0.132. The molecule has 0 saturated heterocycles. The SMILES string of the molecule is CN(Cc1nnc2n1CCCCC2)C(=O)COc1ccc(Oc2ccccc2)cc1. The summed E-state index contributed by atoms with van der Waals surface area (Å²) in [5.74, 6) is 3.86. The minimum atomic E-state index is -0.106. The zero-order chi connectivity index (χ0) is 20.8. The second-order valence-corrected chi connectivity index (χ2v) is 7.42. The number of hydrogen-bond acceptors (Lipinski definition) is 5. The monoisotopic (exact) mass is 406 g/mol. The smallest absolute Gasteiger partial charge is 0.260 e. The summed E-state index contributed by atoms with van der Waals surface area (Å²) in [6, 6.07) is 16.8. The average Bonchev–Trinajstić information content (AvgIpc) is 2.99. The van der Waals surface area contributed by atoms with Crippen LogP contribution in [-0.2, 0) is 24.3 Å². The van der Waals surface area contributed by atoms with Gasteiger partial charge in [0, 0.05) is 20.0 Å². The summed E-state index contributed by atoms with van der Waals surface area (Å²) in [6.07, 6.45) is 4.44. The molecule has 1 aromatic heterocycles. The molecule has 0 radical (unpaired) electrons. The second-order valence-electron chi connectivity index (χ2n) is 7.42. The van der Waals surface area contributed by atoms with E-state index >= 15 is 0 Å².